The number of carbonyl (C=O) groups is 1. The number of nitrogens with zero attached hydrogens (tertiary/aromatic N) is 1. The molecule has 0 bridgehead atoms. The quantitative estimate of drug-likeness (QED) is 0.506. The predicted octanol–water partition coefficient (Wildman–Crippen LogP) is 2.87. The summed E-state index contributed by atoms with van der Waals surface area (Å²) in [5.74, 6) is -0.626. The minimum absolute atomic E-state index is 0.0502. The molecule has 3 rings (SSSR count). The highest BCUT2D eigenvalue weighted by molar-refractivity contribution is 6.32. The van der Waals surface area contributed by atoms with Crippen LogP contribution in [-0.2, 0) is 16.1 Å². The van der Waals surface area contributed by atoms with Crippen LogP contribution in [0.2, 0.25) is 5.02 Å². The van der Waals surface area contributed by atoms with Crippen molar-refractivity contribution >= 4 is 28.7 Å². The summed E-state index contributed by atoms with van der Waals surface area (Å²) in [6.07, 6.45) is 0. The monoisotopic (exact) mass is 347 g/mol. The zero-order chi connectivity index (χ0) is 16.9. The first-order valence-electron chi connectivity index (χ1n) is 7.26. The molecule has 0 saturated heterocycles. The standard InChI is InChI=1S/C17H14ClNO5/c18-12-5-1-3-7-14(12)22-9-10-23-16(20)11-19-13-6-2-4-8-15(13)24-17(19)21/h1-8H,9-11H2. The van der Waals surface area contributed by atoms with Crippen LogP contribution in [0.3, 0.4) is 0 Å². The van der Waals surface area contributed by atoms with Gasteiger partial charge in [-0.15, -0.1) is 0 Å². The first-order valence-corrected chi connectivity index (χ1v) is 7.64. The highest BCUT2D eigenvalue weighted by Crippen LogP contribution is 2.22. The molecule has 0 aliphatic rings. The summed E-state index contributed by atoms with van der Waals surface area (Å²) in [5, 5.41) is 0.486. The number of ether oxygens (including phenoxy) is 2. The van der Waals surface area contributed by atoms with Gasteiger partial charge in [-0.25, -0.2) is 4.79 Å². The highest BCUT2D eigenvalue weighted by Gasteiger charge is 2.13. The summed E-state index contributed by atoms with van der Waals surface area (Å²) < 4.78 is 16.8. The van der Waals surface area contributed by atoms with Gasteiger partial charge in [-0.05, 0) is 24.3 Å². The molecular formula is C17H14ClNO5. The van der Waals surface area contributed by atoms with Crippen molar-refractivity contribution < 1.29 is 18.7 Å². The summed E-state index contributed by atoms with van der Waals surface area (Å²) in [7, 11) is 0. The Bertz CT molecular complexity index is 914. The molecule has 0 fully saturated rings. The molecule has 0 spiro atoms. The number of halogens is 1. The molecule has 0 atom stereocenters. The van der Waals surface area contributed by atoms with E-state index in [1.807, 2.05) is 0 Å². The van der Waals surface area contributed by atoms with Gasteiger partial charge in [-0.2, -0.15) is 0 Å². The van der Waals surface area contributed by atoms with E-state index in [0.29, 0.717) is 21.9 Å². The average Bonchev–Trinajstić information content (AvgIpc) is 2.89. The van der Waals surface area contributed by atoms with Gasteiger partial charge in [0.15, 0.2) is 5.58 Å². The fraction of sp³-hybridized carbons (Fsp3) is 0.176. The van der Waals surface area contributed by atoms with Crippen molar-refractivity contribution in [2.75, 3.05) is 13.2 Å². The van der Waals surface area contributed by atoms with E-state index >= 15 is 0 Å². The molecule has 0 unspecified atom stereocenters. The van der Waals surface area contributed by atoms with Gasteiger partial charge < -0.3 is 13.9 Å². The number of benzene rings is 2. The van der Waals surface area contributed by atoms with Crippen LogP contribution in [0.4, 0.5) is 0 Å². The Labute approximate surface area is 142 Å². The summed E-state index contributed by atoms with van der Waals surface area (Å²) in [4.78, 5) is 23.7. The molecule has 0 N–H and O–H groups in total. The first-order chi connectivity index (χ1) is 11.6. The van der Waals surface area contributed by atoms with Crippen molar-refractivity contribution in [1.82, 2.24) is 4.57 Å². The molecule has 0 saturated carbocycles. The van der Waals surface area contributed by atoms with E-state index in [4.69, 9.17) is 25.5 Å². The molecule has 7 heteroatoms. The number of hydrogen-bond donors (Lipinski definition) is 0. The van der Waals surface area contributed by atoms with Gasteiger partial charge in [0.2, 0.25) is 0 Å². The van der Waals surface area contributed by atoms with Gasteiger partial charge in [0.1, 0.15) is 25.5 Å². The average molecular weight is 348 g/mol. The number of rotatable bonds is 6. The van der Waals surface area contributed by atoms with Crippen molar-refractivity contribution in [2.45, 2.75) is 6.54 Å². The lowest BCUT2D eigenvalue weighted by atomic mass is 10.3. The van der Waals surface area contributed by atoms with E-state index in [0.717, 1.165) is 0 Å². The largest absolute Gasteiger partial charge is 0.488 e. The Morgan fingerprint density at radius 2 is 1.83 bits per heavy atom. The molecular weight excluding hydrogens is 334 g/mol. The number of aromatic nitrogens is 1. The molecule has 0 amide bonds. The van der Waals surface area contributed by atoms with Crippen molar-refractivity contribution in [3.05, 3.63) is 64.1 Å². The van der Waals surface area contributed by atoms with Gasteiger partial charge in [-0.3, -0.25) is 9.36 Å². The van der Waals surface area contributed by atoms with Crippen LogP contribution in [0.25, 0.3) is 11.1 Å². The molecule has 1 heterocycles. The summed E-state index contributed by atoms with van der Waals surface area (Å²) >= 11 is 5.95. The summed E-state index contributed by atoms with van der Waals surface area (Å²) in [6.45, 7) is -0.00691. The Hall–Kier alpha value is -2.73. The van der Waals surface area contributed by atoms with Crippen LogP contribution in [0.5, 0.6) is 5.75 Å². The normalized spacial score (nSPS) is 10.7. The molecule has 124 valence electrons. The Kier molecular flexibility index (Phi) is 4.86. The van der Waals surface area contributed by atoms with E-state index in [-0.39, 0.29) is 19.8 Å². The third kappa shape index (κ3) is 3.60. The maximum absolute atomic E-state index is 11.9. The van der Waals surface area contributed by atoms with E-state index < -0.39 is 11.7 Å². The van der Waals surface area contributed by atoms with Crippen LogP contribution in [0.15, 0.2) is 57.7 Å². The second-order valence-electron chi connectivity index (χ2n) is 4.92. The van der Waals surface area contributed by atoms with Crippen LogP contribution in [-0.4, -0.2) is 23.8 Å². The third-order valence-corrected chi connectivity index (χ3v) is 3.61. The molecule has 0 aliphatic heterocycles. The number of oxazole rings is 1. The summed E-state index contributed by atoms with van der Waals surface area (Å²) in [5.41, 5.74) is 0.976. The number of esters is 1. The van der Waals surface area contributed by atoms with E-state index in [9.17, 15) is 9.59 Å². The minimum Gasteiger partial charge on any atom is -0.488 e. The third-order valence-electron chi connectivity index (χ3n) is 3.30. The second-order valence-corrected chi connectivity index (χ2v) is 5.33. The lowest BCUT2D eigenvalue weighted by molar-refractivity contribution is -0.145. The fourth-order valence-electron chi connectivity index (χ4n) is 2.21. The van der Waals surface area contributed by atoms with Gasteiger partial charge in [0.05, 0.1) is 10.5 Å². The van der Waals surface area contributed by atoms with Crippen molar-refractivity contribution in [3.63, 3.8) is 0 Å². The lowest BCUT2D eigenvalue weighted by Gasteiger charge is -2.08. The number of carbonyl (C=O) groups excluding carboxylic acids is 1. The van der Waals surface area contributed by atoms with Gasteiger partial charge >= 0.3 is 11.7 Å². The van der Waals surface area contributed by atoms with E-state index in [1.165, 1.54) is 4.57 Å². The first kappa shape index (κ1) is 16.1. The van der Waals surface area contributed by atoms with Crippen LogP contribution in [0, 0.1) is 0 Å². The Morgan fingerprint density at radius 3 is 2.67 bits per heavy atom. The topological polar surface area (TPSA) is 70.7 Å². The maximum Gasteiger partial charge on any atom is 0.420 e. The molecule has 2 aromatic carbocycles. The van der Waals surface area contributed by atoms with Crippen LogP contribution in [0.1, 0.15) is 0 Å². The van der Waals surface area contributed by atoms with Crippen LogP contribution >= 0.6 is 11.6 Å². The van der Waals surface area contributed by atoms with Crippen molar-refractivity contribution in [2.24, 2.45) is 0 Å². The van der Waals surface area contributed by atoms with E-state index in [1.54, 1.807) is 48.5 Å². The van der Waals surface area contributed by atoms with Gasteiger partial charge in [0, 0.05) is 0 Å². The zero-order valence-corrected chi connectivity index (χ0v) is 13.4. The van der Waals surface area contributed by atoms with Crippen molar-refractivity contribution in [3.8, 4) is 5.75 Å². The molecule has 24 heavy (non-hydrogen) atoms. The van der Waals surface area contributed by atoms with Gasteiger partial charge in [-0.1, -0.05) is 35.9 Å². The molecule has 0 radical (unpaired) electrons. The van der Waals surface area contributed by atoms with E-state index in [2.05, 4.69) is 0 Å². The number of hydrogen-bond acceptors (Lipinski definition) is 5. The molecule has 1 aromatic heterocycles. The zero-order valence-electron chi connectivity index (χ0n) is 12.6. The van der Waals surface area contributed by atoms with Gasteiger partial charge in [0.25, 0.3) is 0 Å². The lowest BCUT2D eigenvalue weighted by Crippen LogP contribution is -2.23. The predicted molar refractivity (Wildman–Crippen MR) is 88.4 cm³/mol. The number of fused-ring (bicyclic) bond motifs is 1. The minimum atomic E-state index is -0.597. The molecule has 3 aromatic rings. The summed E-state index contributed by atoms with van der Waals surface area (Å²) in [6, 6.07) is 13.9. The number of para-hydroxylation sites is 3. The van der Waals surface area contributed by atoms with Crippen LogP contribution < -0.4 is 10.5 Å². The smallest absolute Gasteiger partial charge is 0.420 e. The molecule has 6 nitrogen and oxygen atoms in total. The maximum atomic E-state index is 11.9. The fourth-order valence-corrected chi connectivity index (χ4v) is 2.40. The van der Waals surface area contributed by atoms with Crippen molar-refractivity contribution in [1.29, 1.82) is 0 Å². The Morgan fingerprint density at radius 1 is 1.08 bits per heavy atom. The Balaban J connectivity index is 1.53. The second kappa shape index (κ2) is 7.23. The SMILES string of the molecule is O=C(Cn1c(=O)oc2ccccc21)OCCOc1ccccc1Cl. The molecule has 0 aliphatic carbocycles. The highest BCUT2D eigenvalue weighted by atomic mass is 35.5.